The van der Waals surface area contributed by atoms with Crippen LogP contribution >= 0.6 is 0 Å². The topological polar surface area (TPSA) is 105 Å². The van der Waals surface area contributed by atoms with E-state index in [1.807, 2.05) is 20.9 Å². The quantitative estimate of drug-likeness (QED) is 0.632. The zero-order chi connectivity index (χ0) is 21.5. The van der Waals surface area contributed by atoms with Crippen LogP contribution in [0.3, 0.4) is 0 Å². The summed E-state index contributed by atoms with van der Waals surface area (Å²) in [6.45, 7) is 3.45. The van der Waals surface area contributed by atoms with Gasteiger partial charge < -0.3 is 16.0 Å². The van der Waals surface area contributed by atoms with Crippen LogP contribution in [0.15, 0.2) is 0 Å². The number of carbonyl (C=O) groups excluding carboxylic acids is 3. The Labute approximate surface area is 177 Å². The lowest BCUT2D eigenvalue weighted by Gasteiger charge is -2.56. The third kappa shape index (κ3) is 4.37. The third-order valence-corrected chi connectivity index (χ3v) is 7.37. The number of rotatable bonds is 7. The highest BCUT2D eigenvalue weighted by Gasteiger charge is 2.51. The summed E-state index contributed by atoms with van der Waals surface area (Å²) < 4.78 is 1.70. The van der Waals surface area contributed by atoms with E-state index in [9.17, 15) is 14.4 Å². The molecule has 4 aliphatic rings. The summed E-state index contributed by atoms with van der Waals surface area (Å²) in [6, 6.07) is 0. The van der Waals surface area contributed by atoms with Gasteiger partial charge in [-0.15, -0.1) is 0 Å². The maximum absolute atomic E-state index is 12.5. The lowest BCUT2D eigenvalue weighted by Crippen LogP contribution is -2.48. The molecule has 8 heteroatoms. The monoisotopic (exact) mass is 415 g/mol. The van der Waals surface area contributed by atoms with Crippen LogP contribution in [0, 0.1) is 37.0 Å². The zero-order valence-electron chi connectivity index (χ0n) is 18.2. The van der Waals surface area contributed by atoms with Crippen LogP contribution < -0.4 is 16.0 Å². The van der Waals surface area contributed by atoms with E-state index in [4.69, 9.17) is 0 Å². The van der Waals surface area contributed by atoms with Crippen molar-refractivity contribution in [1.82, 2.24) is 20.4 Å². The summed E-state index contributed by atoms with van der Waals surface area (Å²) in [5.74, 6) is 1.69. The van der Waals surface area contributed by atoms with Crippen LogP contribution in [0.1, 0.15) is 56.3 Å². The minimum absolute atomic E-state index is 0.0434. The molecule has 1 aromatic rings. The maximum atomic E-state index is 12.5. The Bertz CT molecular complexity index is 824. The number of hydrogen-bond acceptors (Lipinski definition) is 4. The molecule has 0 radical (unpaired) electrons. The molecule has 164 valence electrons. The van der Waals surface area contributed by atoms with E-state index >= 15 is 0 Å². The fourth-order valence-corrected chi connectivity index (χ4v) is 6.47. The molecule has 0 spiro atoms. The molecule has 0 aromatic carbocycles. The summed E-state index contributed by atoms with van der Waals surface area (Å²) in [7, 11) is 1.81. The summed E-state index contributed by atoms with van der Waals surface area (Å²) in [5, 5.41) is 12.4. The highest BCUT2D eigenvalue weighted by atomic mass is 16.2. The number of aromatic nitrogens is 2. The first kappa shape index (κ1) is 20.9. The minimum Gasteiger partial charge on any atom is -0.347 e. The van der Waals surface area contributed by atoms with Gasteiger partial charge in [0.25, 0.3) is 0 Å². The molecule has 4 saturated carbocycles. The largest absolute Gasteiger partial charge is 0.347 e. The van der Waals surface area contributed by atoms with Crippen LogP contribution in [0.25, 0.3) is 0 Å². The van der Waals surface area contributed by atoms with Crippen molar-refractivity contribution in [3.63, 3.8) is 0 Å². The average Bonchev–Trinajstić information content (AvgIpc) is 2.89. The van der Waals surface area contributed by atoms with Crippen molar-refractivity contribution in [2.24, 2.45) is 30.2 Å². The third-order valence-electron chi connectivity index (χ3n) is 7.37. The molecule has 0 atom stereocenters. The Balaban J connectivity index is 1.19. The van der Waals surface area contributed by atoms with Gasteiger partial charge in [0, 0.05) is 13.5 Å². The van der Waals surface area contributed by atoms with Crippen LogP contribution in [0.2, 0.25) is 0 Å². The Hall–Kier alpha value is -2.38. The van der Waals surface area contributed by atoms with Gasteiger partial charge in [0.15, 0.2) is 0 Å². The van der Waals surface area contributed by atoms with Gasteiger partial charge >= 0.3 is 0 Å². The van der Waals surface area contributed by atoms with Gasteiger partial charge in [0.1, 0.15) is 0 Å². The molecule has 3 N–H and O–H groups in total. The van der Waals surface area contributed by atoms with Crippen LogP contribution in [-0.2, 0) is 21.4 Å². The Morgan fingerprint density at radius 2 is 1.47 bits per heavy atom. The predicted octanol–water partition coefficient (Wildman–Crippen LogP) is 1.81. The number of nitrogens with one attached hydrogen (secondary N) is 3. The van der Waals surface area contributed by atoms with Gasteiger partial charge in [0.2, 0.25) is 17.7 Å². The van der Waals surface area contributed by atoms with E-state index in [2.05, 4.69) is 21.0 Å². The molecule has 5 rings (SSSR count). The second-order valence-corrected chi connectivity index (χ2v) is 9.87. The Kier molecular flexibility index (Phi) is 5.59. The Morgan fingerprint density at radius 3 is 2.00 bits per heavy atom. The molecule has 4 fully saturated rings. The van der Waals surface area contributed by atoms with E-state index in [1.54, 1.807) is 4.68 Å². The molecule has 30 heavy (non-hydrogen) atoms. The second kappa shape index (κ2) is 8.04. The van der Waals surface area contributed by atoms with E-state index in [-0.39, 0.29) is 36.2 Å². The fourth-order valence-electron chi connectivity index (χ4n) is 6.47. The highest BCUT2D eigenvalue weighted by molar-refractivity contribution is 5.96. The van der Waals surface area contributed by atoms with Crippen molar-refractivity contribution in [2.45, 2.75) is 58.8 Å². The number of aryl methyl sites for hydroxylation is 2. The lowest BCUT2D eigenvalue weighted by molar-refractivity contribution is -0.132. The van der Waals surface area contributed by atoms with E-state index in [0.717, 1.165) is 29.1 Å². The fraction of sp³-hybridized carbons (Fsp3) is 0.727. The van der Waals surface area contributed by atoms with Crippen LogP contribution in [-0.4, -0.2) is 40.6 Å². The van der Waals surface area contributed by atoms with Crippen molar-refractivity contribution in [3.05, 3.63) is 11.4 Å². The standard InChI is InChI=1S/C22H33N5O3/c1-13-21(14(2)27(3)26-13)25-20(30)12-24-19(29)11-23-18(28)10-22-7-15-4-16(8-22)6-17(5-15)9-22/h15-17H,4-12H2,1-3H3,(H,23,28)(H,24,29)(H,25,30). The maximum Gasteiger partial charge on any atom is 0.243 e. The molecule has 8 nitrogen and oxygen atoms in total. The van der Waals surface area contributed by atoms with Gasteiger partial charge in [-0.05, 0) is 75.5 Å². The van der Waals surface area contributed by atoms with Crippen molar-refractivity contribution in [1.29, 1.82) is 0 Å². The van der Waals surface area contributed by atoms with Gasteiger partial charge in [-0.1, -0.05) is 0 Å². The Morgan fingerprint density at radius 1 is 0.933 bits per heavy atom. The average molecular weight is 416 g/mol. The first-order chi connectivity index (χ1) is 14.2. The zero-order valence-corrected chi connectivity index (χ0v) is 18.2. The molecule has 0 saturated heterocycles. The van der Waals surface area contributed by atoms with Crippen molar-refractivity contribution >= 4 is 23.4 Å². The molecule has 0 unspecified atom stereocenters. The molecule has 3 amide bonds. The van der Waals surface area contributed by atoms with Crippen LogP contribution in [0.5, 0.6) is 0 Å². The summed E-state index contributed by atoms with van der Waals surface area (Å²) in [4.78, 5) is 36.7. The number of hydrogen-bond donors (Lipinski definition) is 3. The summed E-state index contributed by atoms with van der Waals surface area (Å²) in [5.41, 5.74) is 2.41. The number of amides is 3. The molecule has 1 heterocycles. The lowest BCUT2D eigenvalue weighted by atomic mass is 9.49. The van der Waals surface area contributed by atoms with Crippen molar-refractivity contribution < 1.29 is 14.4 Å². The van der Waals surface area contributed by atoms with Crippen molar-refractivity contribution in [2.75, 3.05) is 18.4 Å². The van der Waals surface area contributed by atoms with E-state index in [0.29, 0.717) is 12.1 Å². The SMILES string of the molecule is Cc1nn(C)c(C)c1NC(=O)CNC(=O)CNC(=O)CC12CC3CC(CC(C3)C1)C2. The summed E-state index contributed by atoms with van der Waals surface area (Å²) in [6.07, 6.45) is 8.10. The van der Waals surface area contributed by atoms with Gasteiger partial charge in [-0.2, -0.15) is 5.10 Å². The molecule has 4 bridgehead atoms. The number of anilines is 1. The van der Waals surface area contributed by atoms with Gasteiger partial charge in [-0.3, -0.25) is 19.1 Å². The molecule has 4 aliphatic carbocycles. The highest BCUT2D eigenvalue weighted by Crippen LogP contribution is 2.61. The normalized spacial score (nSPS) is 29.0. The molecular weight excluding hydrogens is 382 g/mol. The molecule has 0 aliphatic heterocycles. The smallest absolute Gasteiger partial charge is 0.243 e. The summed E-state index contributed by atoms with van der Waals surface area (Å²) >= 11 is 0. The van der Waals surface area contributed by atoms with Crippen LogP contribution in [0.4, 0.5) is 5.69 Å². The van der Waals surface area contributed by atoms with E-state index < -0.39 is 0 Å². The van der Waals surface area contributed by atoms with Gasteiger partial charge in [-0.25, -0.2) is 0 Å². The second-order valence-electron chi connectivity index (χ2n) is 9.87. The number of carbonyl (C=O) groups is 3. The van der Waals surface area contributed by atoms with Gasteiger partial charge in [0.05, 0.1) is 30.2 Å². The minimum atomic E-state index is -0.358. The first-order valence-electron chi connectivity index (χ1n) is 11.1. The predicted molar refractivity (Wildman–Crippen MR) is 113 cm³/mol. The molecular formula is C22H33N5O3. The van der Waals surface area contributed by atoms with Crippen molar-refractivity contribution in [3.8, 4) is 0 Å². The number of nitrogens with zero attached hydrogens (tertiary/aromatic N) is 2. The van der Waals surface area contributed by atoms with E-state index in [1.165, 1.54) is 38.5 Å². The first-order valence-corrected chi connectivity index (χ1v) is 11.1. The molecule has 1 aromatic heterocycles.